The Morgan fingerprint density at radius 1 is 1.27 bits per heavy atom. The molecule has 3 rings (SSSR count). The van der Waals surface area contributed by atoms with Crippen LogP contribution in [0.25, 0.3) is 5.82 Å². The molecule has 2 heterocycles. The van der Waals surface area contributed by atoms with E-state index in [0.29, 0.717) is 23.7 Å². The summed E-state index contributed by atoms with van der Waals surface area (Å²) >= 11 is 3.41. The van der Waals surface area contributed by atoms with Crippen molar-refractivity contribution in [3.63, 3.8) is 0 Å². The molecule has 0 fully saturated rings. The van der Waals surface area contributed by atoms with Gasteiger partial charge in [0.25, 0.3) is 5.56 Å². The summed E-state index contributed by atoms with van der Waals surface area (Å²) in [7, 11) is 1.57. The standard InChI is InChI=1S/C17H14BrFN4O3/c1-9-5-15(23-8-12(19)16(24)22-17(23)25)21-14(20-9)7-10-6-11(18)3-4-13(10)26-2/h3-6,8H,7H2,1-2H3,(H,22,24,25). The van der Waals surface area contributed by atoms with Crippen LogP contribution in [-0.4, -0.2) is 26.6 Å². The molecule has 3 aromatic rings. The highest BCUT2D eigenvalue weighted by atomic mass is 79.9. The van der Waals surface area contributed by atoms with Gasteiger partial charge in [-0.3, -0.25) is 9.78 Å². The quantitative estimate of drug-likeness (QED) is 0.697. The van der Waals surface area contributed by atoms with Crippen LogP contribution in [0.4, 0.5) is 4.39 Å². The molecule has 26 heavy (non-hydrogen) atoms. The van der Waals surface area contributed by atoms with Crippen LogP contribution in [0.15, 0.2) is 44.5 Å². The number of H-pyrrole nitrogens is 1. The molecule has 0 unspecified atom stereocenters. The van der Waals surface area contributed by atoms with E-state index >= 15 is 0 Å². The Morgan fingerprint density at radius 3 is 2.77 bits per heavy atom. The van der Waals surface area contributed by atoms with Crippen molar-refractivity contribution in [2.24, 2.45) is 0 Å². The molecular formula is C17H14BrFN4O3. The molecule has 0 aliphatic rings. The fourth-order valence-electron chi connectivity index (χ4n) is 2.49. The Bertz CT molecular complexity index is 1090. The number of aromatic amines is 1. The summed E-state index contributed by atoms with van der Waals surface area (Å²) in [5.41, 5.74) is -0.410. The number of aromatic nitrogens is 4. The van der Waals surface area contributed by atoms with Gasteiger partial charge < -0.3 is 4.74 Å². The number of hydrogen-bond acceptors (Lipinski definition) is 5. The Kier molecular flexibility index (Phi) is 4.99. The van der Waals surface area contributed by atoms with Gasteiger partial charge in [-0.1, -0.05) is 15.9 Å². The first-order valence-electron chi connectivity index (χ1n) is 7.56. The van der Waals surface area contributed by atoms with Gasteiger partial charge in [0.05, 0.1) is 13.3 Å². The third-order valence-corrected chi connectivity index (χ3v) is 4.12. The van der Waals surface area contributed by atoms with Crippen LogP contribution in [0, 0.1) is 12.7 Å². The zero-order chi connectivity index (χ0) is 18.8. The van der Waals surface area contributed by atoms with Crippen molar-refractivity contribution < 1.29 is 9.13 Å². The fraction of sp³-hybridized carbons (Fsp3) is 0.176. The van der Waals surface area contributed by atoms with Crippen molar-refractivity contribution in [3.8, 4) is 11.6 Å². The van der Waals surface area contributed by atoms with Gasteiger partial charge in [-0.05, 0) is 25.1 Å². The molecule has 0 amide bonds. The number of methoxy groups -OCH3 is 1. The van der Waals surface area contributed by atoms with E-state index < -0.39 is 17.1 Å². The SMILES string of the molecule is COc1ccc(Br)cc1Cc1nc(C)cc(-n2cc(F)c(=O)[nH]c2=O)n1. The monoisotopic (exact) mass is 420 g/mol. The molecule has 0 spiro atoms. The summed E-state index contributed by atoms with van der Waals surface area (Å²) in [4.78, 5) is 33.8. The van der Waals surface area contributed by atoms with Gasteiger partial charge in [-0.2, -0.15) is 4.39 Å². The van der Waals surface area contributed by atoms with Crippen LogP contribution >= 0.6 is 15.9 Å². The highest BCUT2D eigenvalue weighted by molar-refractivity contribution is 9.10. The number of rotatable bonds is 4. The molecule has 2 aromatic heterocycles. The predicted molar refractivity (Wildman–Crippen MR) is 96.4 cm³/mol. The van der Waals surface area contributed by atoms with E-state index in [-0.39, 0.29) is 5.82 Å². The number of hydrogen-bond donors (Lipinski definition) is 1. The van der Waals surface area contributed by atoms with Crippen LogP contribution < -0.4 is 16.0 Å². The van der Waals surface area contributed by atoms with E-state index in [0.717, 1.165) is 20.8 Å². The van der Waals surface area contributed by atoms with Gasteiger partial charge in [0.15, 0.2) is 0 Å². The third kappa shape index (κ3) is 3.72. The number of nitrogens with one attached hydrogen (secondary N) is 1. The Morgan fingerprint density at radius 2 is 2.04 bits per heavy atom. The van der Waals surface area contributed by atoms with Gasteiger partial charge in [0.1, 0.15) is 17.4 Å². The molecule has 0 atom stereocenters. The van der Waals surface area contributed by atoms with Crippen LogP contribution in [0.2, 0.25) is 0 Å². The maximum absolute atomic E-state index is 13.6. The van der Waals surface area contributed by atoms with Crippen molar-refractivity contribution in [1.82, 2.24) is 19.5 Å². The van der Waals surface area contributed by atoms with E-state index in [1.165, 1.54) is 6.07 Å². The van der Waals surface area contributed by atoms with Crippen molar-refractivity contribution in [1.29, 1.82) is 0 Å². The second-order valence-electron chi connectivity index (χ2n) is 5.52. The van der Waals surface area contributed by atoms with E-state index in [2.05, 4.69) is 25.9 Å². The van der Waals surface area contributed by atoms with Crippen molar-refractivity contribution >= 4 is 15.9 Å². The highest BCUT2D eigenvalue weighted by Crippen LogP contribution is 2.25. The topological polar surface area (TPSA) is 89.9 Å². The van der Waals surface area contributed by atoms with Gasteiger partial charge in [0.2, 0.25) is 5.82 Å². The number of ether oxygens (including phenoxy) is 1. The lowest BCUT2D eigenvalue weighted by atomic mass is 10.1. The first-order chi connectivity index (χ1) is 12.4. The number of halogens is 2. The smallest absolute Gasteiger partial charge is 0.334 e. The average Bonchev–Trinajstić information content (AvgIpc) is 2.58. The Balaban J connectivity index is 2.07. The second kappa shape index (κ2) is 7.20. The number of benzene rings is 1. The molecule has 0 saturated carbocycles. The zero-order valence-electron chi connectivity index (χ0n) is 13.9. The van der Waals surface area contributed by atoms with Gasteiger partial charge in [0, 0.05) is 28.2 Å². The van der Waals surface area contributed by atoms with E-state index in [1.54, 1.807) is 14.0 Å². The van der Waals surface area contributed by atoms with E-state index in [1.807, 2.05) is 23.2 Å². The molecule has 7 nitrogen and oxygen atoms in total. The first kappa shape index (κ1) is 18.0. The lowest BCUT2D eigenvalue weighted by Crippen LogP contribution is -2.31. The summed E-state index contributed by atoms with van der Waals surface area (Å²) in [5.74, 6) is 0.194. The molecule has 0 aliphatic heterocycles. The van der Waals surface area contributed by atoms with Crippen molar-refractivity contribution in [3.05, 3.63) is 78.7 Å². The highest BCUT2D eigenvalue weighted by Gasteiger charge is 2.12. The molecule has 0 saturated heterocycles. The van der Waals surface area contributed by atoms with Crippen LogP contribution in [0.1, 0.15) is 17.1 Å². The van der Waals surface area contributed by atoms with Crippen LogP contribution in [0.5, 0.6) is 5.75 Å². The fourth-order valence-corrected chi connectivity index (χ4v) is 2.90. The minimum Gasteiger partial charge on any atom is -0.496 e. The zero-order valence-corrected chi connectivity index (χ0v) is 15.5. The van der Waals surface area contributed by atoms with Crippen molar-refractivity contribution in [2.45, 2.75) is 13.3 Å². The summed E-state index contributed by atoms with van der Waals surface area (Å²) in [6, 6.07) is 7.09. The molecule has 0 radical (unpaired) electrons. The summed E-state index contributed by atoms with van der Waals surface area (Å²) in [5, 5.41) is 0. The molecule has 0 aliphatic carbocycles. The largest absolute Gasteiger partial charge is 0.496 e. The molecule has 1 N–H and O–H groups in total. The normalized spacial score (nSPS) is 10.8. The van der Waals surface area contributed by atoms with Crippen LogP contribution in [0.3, 0.4) is 0 Å². The minimum absolute atomic E-state index is 0.168. The predicted octanol–water partition coefficient (Wildman–Crippen LogP) is 2.13. The Labute approximate surface area is 155 Å². The minimum atomic E-state index is -1.07. The number of aryl methyl sites for hydroxylation is 1. The lowest BCUT2D eigenvalue weighted by molar-refractivity contribution is 0.410. The van der Waals surface area contributed by atoms with Crippen molar-refractivity contribution in [2.75, 3.05) is 7.11 Å². The van der Waals surface area contributed by atoms with E-state index in [4.69, 9.17) is 4.74 Å². The lowest BCUT2D eigenvalue weighted by Gasteiger charge is -2.11. The maximum Gasteiger partial charge on any atom is 0.334 e. The molecule has 1 aromatic carbocycles. The molecule has 134 valence electrons. The van der Waals surface area contributed by atoms with Gasteiger partial charge in [-0.15, -0.1) is 0 Å². The van der Waals surface area contributed by atoms with Crippen LogP contribution in [-0.2, 0) is 6.42 Å². The van der Waals surface area contributed by atoms with Gasteiger partial charge in [-0.25, -0.2) is 19.3 Å². The van der Waals surface area contributed by atoms with E-state index in [9.17, 15) is 14.0 Å². The molecule has 0 bridgehead atoms. The maximum atomic E-state index is 13.6. The summed E-state index contributed by atoms with van der Waals surface area (Å²) in [6.45, 7) is 1.74. The summed E-state index contributed by atoms with van der Waals surface area (Å²) < 4.78 is 20.7. The molecule has 9 heteroatoms. The molecular weight excluding hydrogens is 407 g/mol. The summed E-state index contributed by atoms with van der Waals surface area (Å²) in [6.07, 6.45) is 1.16. The average molecular weight is 421 g/mol. The number of nitrogens with zero attached hydrogens (tertiary/aromatic N) is 3. The first-order valence-corrected chi connectivity index (χ1v) is 8.35. The third-order valence-electron chi connectivity index (χ3n) is 3.62. The Hall–Kier alpha value is -2.81. The van der Waals surface area contributed by atoms with Gasteiger partial charge >= 0.3 is 5.69 Å². The second-order valence-corrected chi connectivity index (χ2v) is 6.44.